The number of rotatable bonds is 2. The third-order valence-corrected chi connectivity index (χ3v) is 1.32. The molecule has 2 nitrogen and oxygen atoms in total. The van der Waals surface area contributed by atoms with Crippen LogP contribution in [0.5, 0.6) is 0 Å². The molecule has 1 heterocycles. The van der Waals surface area contributed by atoms with Gasteiger partial charge in [0.15, 0.2) is 0 Å². The number of aryl methyl sites for hydroxylation is 2. The van der Waals surface area contributed by atoms with Crippen LogP contribution in [0.4, 0.5) is 0 Å². The molecule has 1 rings (SSSR count). The maximum absolute atomic E-state index is 4.07. The standard InChI is InChI=1S/C7H11N2.Au/c1-3-5-9-6-4-8-7(9)2;/h4,6H,1,3,5H2,2H3;/q-1;+1. The Morgan fingerprint density at radius 3 is 2.80 bits per heavy atom. The Morgan fingerprint density at radius 1 is 1.70 bits per heavy atom. The maximum atomic E-state index is 4.07. The van der Waals surface area contributed by atoms with Gasteiger partial charge in [-0.1, -0.05) is 0 Å². The second-order valence-corrected chi connectivity index (χ2v) is 2.02. The fraction of sp³-hybridized carbons (Fsp3) is 0.429. The monoisotopic (exact) mass is 320 g/mol. The molecule has 0 aliphatic heterocycles. The molecule has 0 aliphatic rings. The van der Waals surface area contributed by atoms with Crippen molar-refractivity contribution in [3.8, 4) is 0 Å². The molecule has 1 aromatic heterocycles. The second-order valence-electron chi connectivity index (χ2n) is 2.02. The Bertz CT molecular complexity index is 183. The smallest absolute Gasteiger partial charge is 0.342 e. The summed E-state index contributed by atoms with van der Waals surface area (Å²) in [6, 6.07) is 0. The fourth-order valence-corrected chi connectivity index (χ4v) is 0.810. The number of hydrogen-bond acceptors (Lipinski definition) is 1. The van der Waals surface area contributed by atoms with Crippen molar-refractivity contribution in [2.45, 2.75) is 19.9 Å². The van der Waals surface area contributed by atoms with Gasteiger partial charge in [-0.15, -0.1) is 0 Å². The van der Waals surface area contributed by atoms with Crippen LogP contribution >= 0.6 is 0 Å². The van der Waals surface area contributed by atoms with Crippen molar-refractivity contribution in [3.63, 3.8) is 0 Å². The molecule has 0 spiro atoms. The molecule has 60 valence electrons. The second kappa shape index (κ2) is 4.72. The summed E-state index contributed by atoms with van der Waals surface area (Å²) in [5.41, 5.74) is 0. The minimum atomic E-state index is 0. The van der Waals surface area contributed by atoms with Crippen LogP contribution in [0.3, 0.4) is 0 Å². The molecule has 0 bridgehead atoms. The van der Waals surface area contributed by atoms with E-state index in [1.165, 1.54) is 0 Å². The Labute approximate surface area is 77.2 Å². The molecular weight excluding hydrogens is 309 g/mol. The van der Waals surface area contributed by atoms with Crippen LogP contribution in [0.25, 0.3) is 0 Å². The first-order valence-electron chi connectivity index (χ1n) is 3.11. The van der Waals surface area contributed by atoms with Crippen molar-refractivity contribution >= 4 is 0 Å². The van der Waals surface area contributed by atoms with Crippen LogP contribution in [0.1, 0.15) is 12.2 Å². The fourth-order valence-electron chi connectivity index (χ4n) is 0.810. The molecule has 0 saturated heterocycles. The Morgan fingerprint density at radius 2 is 2.40 bits per heavy atom. The average Bonchev–Trinajstić information content (AvgIpc) is 2.18. The number of imidazole rings is 1. The Hall–Kier alpha value is -0.0497. The van der Waals surface area contributed by atoms with E-state index < -0.39 is 0 Å². The van der Waals surface area contributed by atoms with Crippen molar-refractivity contribution in [1.29, 1.82) is 0 Å². The van der Waals surface area contributed by atoms with E-state index in [-0.39, 0.29) is 22.4 Å². The van der Waals surface area contributed by atoms with Gasteiger partial charge in [-0.2, -0.15) is 6.42 Å². The molecular formula is C7H11AuN2. The zero-order valence-electron chi connectivity index (χ0n) is 5.97. The first-order valence-corrected chi connectivity index (χ1v) is 3.11. The molecule has 0 saturated carbocycles. The largest absolute Gasteiger partial charge is 1.00 e. The van der Waals surface area contributed by atoms with Crippen molar-refractivity contribution in [2.75, 3.05) is 0 Å². The summed E-state index contributed by atoms with van der Waals surface area (Å²) < 4.78 is 2.09. The van der Waals surface area contributed by atoms with Crippen LogP contribution in [0.15, 0.2) is 12.4 Å². The van der Waals surface area contributed by atoms with E-state index in [9.17, 15) is 0 Å². The van der Waals surface area contributed by atoms with Crippen LogP contribution in [-0.4, -0.2) is 9.55 Å². The molecule has 0 radical (unpaired) electrons. The van der Waals surface area contributed by atoms with Crippen molar-refractivity contribution in [1.82, 2.24) is 9.55 Å². The van der Waals surface area contributed by atoms with Gasteiger partial charge in [-0.05, 0) is 13.5 Å². The molecule has 0 aromatic carbocycles. The van der Waals surface area contributed by atoms with Crippen molar-refractivity contribution in [2.24, 2.45) is 0 Å². The third-order valence-electron chi connectivity index (χ3n) is 1.32. The molecule has 0 N–H and O–H groups in total. The molecule has 3 heteroatoms. The average molecular weight is 320 g/mol. The molecule has 10 heavy (non-hydrogen) atoms. The number of nitrogens with zero attached hydrogens (tertiary/aromatic N) is 2. The van der Waals surface area contributed by atoms with E-state index in [0.717, 1.165) is 18.8 Å². The van der Waals surface area contributed by atoms with E-state index in [0.29, 0.717) is 0 Å². The first-order chi connectivity index (χ1) is 4.34. The molecule has 0 unspecified atom stereocenters. The van der Waals surface area contributed by atoms with E-state index in [4.69, 9.17) is 0 Å². The summed E-state index contributed by atoms with van der Waals surface area (Å²) in [6.45, 7) is 6.73. The van der Waals surface area contributed by atoms with E-state index >= 15 is 0 Å². The van der Waals surface area contributed by atoms with Gasteiger partial charge < -0.3 is 11.5 Å². The van der Waals surface area contributed by atoms with Crippen LogP contribution < -0.4 is 0 Å². The van der Waals surface area contributed by atoms with Gasteiger partial charge >= 0.3 is 22.4 Å². The van der Waals surface area contributed by atoms with Gasteiger partial charge in [0.25, 0.3) is 0 Å². The minimum absolute atomic E-state index is 0. The summed E-state index contributed by atoms with van der Waals surface area (Å²) in [4.78, 5) is 4.07. The van der Waals surface area contributed by atoms with E-state index in [1.807, 2.05) is 19.3 Å². The summed E-state index contributed by atoms with van der Waals surface area (Å²) in [6.07, 6.45) is 4.71. The molecule has 0 aliphatic carbocycles. The molecule has 0 amide bonds. The zero-order chi connectivity index (χ0) is 6.69. The Balaban J connectivity index is 0.000000810. The van der Waals surface area contributed by atoms with Gasteiger partial charge in [0.1, 0.15) is 5.82 Å². The Kier molecular flexibility index (Phi) is 4.69. The number of aromatic nitrogens is 2. The predicted molar refractivity (Wildman–Crippen MR) is 36.9 cm³/mol. The van der Waals surface area contributed by atoms with Crippen LogP contribution in [0.2, 0.25) is 0 Å². The normalized spacial score (nSPS) is 9.00. The van der Waals surface area contributed by atoms with Crippen molar-refractivity contribution < 1.29 is 22.4 Å². The minimum Gasteiger partial charge on any atom is -0.342 e. The third kappa shape index (κ3) is 2.29. The van der Waals surface area contributed by atoms with Crippen LogP contribution in [-0.2, 0) is 28.9 Å². The summed E-state index contributed by atoms with van der Waals surface area (Å²) in [5.74, 6) is 1.07. The van der Waals surface area contributed by atoms with Gasteiger partial charge in [-0.3, -0.25) is 0 Å². The van der Waals surface area contributed by atoms with E-state index in [1.54, 1.807) is 0 Å². The number of hydrogen-bond donors (Lipinski definition) is 0. The summed E-state index contributed by atoms with van der Waals surface area (Å²) >= 11 is 0. The molecule has 1 aromatic rings. The maximum Gasteiger partial charge on any atom is 1.00 e. The summed E-state index contributed by atoms with van der Waals surface area (Å²) in [5, 5.41) is 0. The van der Waals surface area contributed by atoms with Crippen molar-refractivity contribution in [3.05, 3.63) is 25.1 Å². The topological polar surface area (TPSA) is 17.8 Å². The van der Waals surface area contributed by atoms with Gasteiger partial charge in [0, 0.05) is 12.4 Å². The SMILES string of the molecule is [Au+].[CH2-]CCn1ccnc1C. The van der Waals surface area contributed by atoms with Gasteiger partial charge in [0.2, 0.25) is 0 Å². The predicted octanol–water partition coefficient (Wildman–Crippen LogP) is 1.41. The van der Waals surface area contributed by atoms with Gasteiger partial charge in [0.05, 0.1) is 0 Å². The quantitative estimate of drug-likeness (QED) is 0.595. The molecule has 0 fully saturated rings. The van der Waals surface area contributed by atoms with E-state index in [2.05, 4.69) is 16.5 Å². The van der Waals surface area contributed by atoms with Gasteiger partial charge in [-0.25, -0.2) is 4.98 Å². The zero-order valence-corrected chi connectivity index (χ0v) is 8.14. The van der Waals surface area contributed by atoms with Crippen LogP contribution in [0, 0.1) is 13.8 Å². The molecule has 0 atom stereocenters. The first kappa shape index (κ1) is 9.95. The summed E-state index contributed by atoms with van der Waals surface area (Å²) in [7, 11) is 0.